The molecule has 26 heavy (non-hydrogen) atoms. The Labute approximate surface area is 155 Å². The van der Waals surface area contributed by atoms with Crippen molar-refractivity contribution in [2.24, 2.45) is 23.3 Å². The number of hydrogen-bond donors (Lipinski definition) is 4. The van der Waals surface area contributed by atoms with Gasteiger partial charge in [-0.15, -0.1) is 0 Å². The van der Waals surface area contributed by atoms with Crippen LogP contribution in [0.15, 0.2) is 30.6 Å². The van der Waals surface area contributed by atoms with E-state index in [-0.39, 0.29) is 20.1 Å². The smallest absolute Gasteiger partial charge is 0.317 e. The van der Waals surface area contributed by atoms with E-state index in [1.54, 1.807) is 0 Å². The molecule has 1 aliphatic carbocycles. The Bertz CT molecular complexity index is 705. The molecular formula is C19H32N4O3. The van der Waals surface area contributed by atoms with Crippen molar-refractivity contribution in [1.82, 2.24) is 9.55 Å². The molecule has 0 radical (unpaired) electrons. The first kappa shape index (κ1) is 20.4. The van der Waals surface area contributed by atoms with Crippen molar-refractivity contribution in [2.75, 3.05) is 13.1 Å². The SMILES string of the molecule is CCC(CN)CC1CC(O)C(n2cnc3ccccc32)C1.NCC(=O)O.[HH]. The van der Waals surface area contributed by atoms with Crippen LogP contribution in [-0.4, -0.2) is 44.9 Å². The number of benzene rings is 1. The number of hydrogen-bond acceptors (Lipinski definition) is 5. The first-order valence-corrected chi connectivity index (χ1v) is 9.21. The molecule has 7 nitrogen and oxygen atoms in total. The van der Waals surface area contributed by atoms with E-state index in [1.807, 2.05) is 24.5 Å². The second-order valence-electron chi connectivity index (χ2n) is 6.96. The quantitative estimate of drug-likeness (QED) is 0.621. The summed E-state index contributed by atoms with van der Waals surface area (Å²) in [5.74, 6) is 0.185. The summed E-state index contributed by atoms with van der Waals surface area (Å²) in [6, 6.07) is 8.28. The Balaban J connectivity index is 0.000000542. The number of imidazole rings is 1. The van der Waals surface area contributed by atoms with Gasteiger partial charge < -0.3 is 26.2 Å². The summed E-state index contributed by atoms with van der Waals surface area (Å²) in [6.45, 7) is 2.67. The van der Waals surface area contributed by atoms with E-state index >= 15 is 0 Å². The van der Waals surface area contributed by atoms with Crippen LogP contribution < -0.4 is 11.5 Å². The average Bonchev–Trinajstić information content (AvgIpc) is 3.23. The fraction of sp³-hybridized carbons (Fsp3) is 0.579. The maximum atomic E-state index is 10.5. The molecule has 3 rings (SSSR count). The second kappa shape index (κ2) is 9.66. The number of nitrogens with two attached hydrogens (primary N) is 2. The molecule has 1 heterocycles. The Morgan fingerprint density at radius 1 is 1.38 bits per heavy atom. The van der Waals surface area contributed by atoms with Crippen LogP contribution >= 0.6 is 0 Å². The molecule has 1 saturated carbocycles. The van der Waals surface area contributed by atoms with Crippen molar-refractivity contribution < 1.29 is 16.4 Å². The lowest BCUT2D eigenvalue weighted by Gasteiger charge is -2.18. The molecular weight excluding hydrogens is 332 g/mol. The van der Waals surface area contributed by atoms with Crippen molar-refractivity contribution in [3.63, 3.8) is 0 Å². The van der Waals surface area contributed by atoms with E-state index in [2.05, 4.69) is 28.3 Å². The lowest BCUT2D eigenvalue weighted by atomic mass is 9.91. The third-order valence-electron chi connectivity index (χ3n) is 5.18. The molecule has 0 saturated heterocycles. The van der Waals surface area contributed by atoms with E-state index in [1.165, 1.54) is 0 Å². The van der Waals surface area contributed by atoms with E-state index in [9.17, 15) is 9.90 Å². The number of fused-ring (bicyclic) bond motifs is 1. The van der Waals surface area contributed by atoms with Gasteiger partial charge in [-0.05, 0) is 49.8 Å². The predicted molar refractivity (Wildman–Crippen MR) is 104 cm³/mol. The number of aromatic nitrogens is 2. The number of carboxylic acid groups (broad SMARTS) is 1. The van der Waals surface area contributed by atoms with Crippen molar-refractivity contribution in [2.45, 2.75) is 44.8 Å². The molecule has 146 valence electrons. The number of rotatable bonds is 6. The van der Waals surface area contributed by atoms with Crippen molar-refractivity contribution in [3.05, 3.63) is 30.6 Å². The van der Waals surface area contributed by atoms with Gasteiger partial charge in [-0.25, -0.2) is 4.98 Å². The van der Waals surface area contributed by atoms with Crippen LogP contribution in [-0.2, 0) is 4.79 Å². The summed E-state index contributed by atoms with van der Waals surface area (Å²) in [6.07, 6.45) is 5.77. The van der Waals surface area contributed by atoms with Crippen molar-refractivity contribution in [3.8, 4) is 0 Å². The van der Waals surface area contributed by atoms with Crippen molar-refractivity contribution >= 4 is 17.0 Å². The fourth-order valence-electron chi connectivity index (χ4n) is 3.73. The maximum Gasteiger partial charge on any atom is 0.317 e. The van der Waals surface area contributed by atoms with Crippen LogP contribution in [0.3, 0.4) is 0 Å². The van der Waals surface area contributed by atoms with E-state index in [0.717, 1.165) is 43.3 Å². The molecule has 2 aromatic rings. The van der Waals surface area contributed by atoms with Gasteiger partial charge >= 0.3 is 5.97 Å². The van der Waals surface area contributed by atoms with Gasteiger partial charge in [0, 0.05) is 1.43 Å². The number of aliphatic hydroxyl groups is 1. The minimum absolute atomic E-state index is 0. The molecule has 0 bridgehead atoms. The van der Waals surface area contributed by atoms with E-state index < -0.39 is 5.97 Å². The predicted octanol–water partition coefficient (Wildman–Crippen LogP) is 2.00. The molecule has 1 aromatic carbocycles. The third kappa shape index (κ3) is 5.03. The third-order valence-corrected chi connectivity index (χ3v) is 5.18. The van der Waals surface area contributed by atoms with Gasteiger partial charge in [-0.3, -0.25) is 4.79 Å². The summed E-state index contributed by atoms with van der Waals surface area (Å²) < 4.78 is 2.16. The van der Waals surface area contributed by atoms with Crippen LogP contribution in [0.5, 0.6) is 0 Å². The Morgan fingerprint density at radius 2 is 2.08 bits per heavy atom. The number of aliphatic hydroxyl groups excluding tert-OH is 1. The number of aliphatic carboxylic acids is 1. The first-order valence-electron chi connectivity index (χ1n) is 9.21. The normalized spacial score (nSPS) is 23.5. The van der Waals surface area contributed by atoms with Crippen LogP contribution in [0.4, 0.5) is 0 Å². The lowest BCUT2D eigenvalue weighted by Crippen LogP contribution is -2.17. The van der Waals surface area contributed by atoms with Gasteiger partial charge in [-0.2, -0.15) is 0 Å². The van der Waals surface area contributed by atoms with Crippen molar-refractivity contribution in [1.29, 1.82) is 0 Å². The lowest BCUT2D eigenvalue weighted by molar-refractivity contribution is -0.135. The van der Waals surface area contributed by atoms with Gasteiger partial charge in [0.25, 0.3) is 0 Å². The van der Waals surface area contributed by atoms with E-state index in [4.69, 9.17) is 10.8 Å². The summed E-state index contributed by atoms with van der Waals surface area (Å²) in [7, 11) is 0. The highest BCUT2D eigenvalue weighted by Crippen LogP contribution is 2.39. The summed E-state index contributed by atoms with van der Waals surface area (Å²) in [5.41, 5.74) is 12.5. The van der Waals surface area contributed by atoms with Gasteiger partial charge in [0.2, 0.25) is 0 Å². The second-order valence-corrected chi connectivity index (χ2v) is 6.96. The van der Waals surface area contributed by atoms with E-state index in [0.29, 0.717) is 11.8 Å². The molecule has 4 unspecified atom stereocenters. The molecule has 6 N–H and O–H groups in total. The molecule has 1 fully saturated rings. The van der Waals surface area contributed by atoms with Gasteiger partial charge in [-0.1, -0.05) is 25.5 Å². The monoisotopic (exact) mass is 364 g/mol. The zero-order valence-corrected chi connectivity index (χ0v) is 15.3. The standard InChI is InChI=1S/C17H25N3O.C2H5NO2.H2/c1-2-12(10-18)7-13-8-16(17(21)9-13)20-11-19-14-5-3-4-6-15(14)20;3-1-2(4)5;/h3-6,11-13,16-17,21H,2,7-10,18H2,1H3;1,3H2,(H,4,5);1H. The highest BCUT2D eigenvalue weighted by molar-refractivity contribution is 5.75. The maximum absolute atomic E-state index is 10.5. The number of para-hydroxylation sites is 2. The van der Waals surface area contributed by atoms with Gasteiger partial charge in [0.1, 0.15) is 0 Å². The Hall–Kier alpha value is -1.96. The molecule has 1 aromatic heterocycles. The Kier molecular flexibility index (Phi) is 7.56. The molecule has 0 aliphatic heterocycles. The fourth-order valence-corrected chi connectivity index (χ4v) is 3.73. The number of nitrogens with zero attached hydrogens (tertiary/aromatic N) is 2. The van der Waals surface area contributed by atoms with Crippen LogP contribution in [0.25, 0.3) is 11.0 Å². The minimum atomic E-state index is -0.968. The molecule has 0 amide bonds. The summed E-state index contributed by atoms with van der Waals surface area (Å²) >= 11 is 0. The summed E-state index contributed by atoms with van der Waals surface area (Å²) in [5, 5.41) is 18.1. The largest absolute Gasteiger partial charge is 0.480 e. The van der Waals surface area contributed by atoms with Crippen LogP contribution in [0.2, 0.25) is 0 Å². The van der Waals surface area contributed by atoms with Gasteiger partial charge in [0.15, 0.2) is 0 Å². The first-order chi connectivity index (χ1) is 12.5. The number of carboxylic acids is 1. The summed E-state index contributed by atoms with van der Waals surface area (Å²) in [4.78, 5) is 13.7. The van der Waals surface area contributed by atoms with Gasteiger partial charge in [0.05, 0.1) is 36.1 Å². The average molecular weight is 364 g/mol. The highest BCUT2D eigenvalue weighted by Gasteiger charge is 2.35. The molecule has 7 heteroatoms. The molecule has 1 aliphatic rings. The minimum Gasteiger partial charge on any atom is -0.480 e. The molecule has 0 spiro atoms. The van der Waals surface area contributed by atoms with Crippen LogP contribution in [0.1, 0.15) is 40.1 Å². The zero-order valence-electron chi connectivity index (χ0n) is 15.3. The topological polar surface area (TPSA) is 127 Å². The number of carbonyl (C=O) groups is 1. The Morgan fingerprint density at radius 3 is 2.69 bits per heavy atom. The molecule has 4 atom stereocenters. The zero-order chi connectivity index (χ0) is 19.1. The van der Waals surface area contributed by atoms with Crippen LogP contribution in [0, 0.1) is 11.8 Å². The highest BCUT2D eigenvalue weighted by atomic mass is 16.4.